The molecule has 0 aromatic carbocycles. The summed E-state index contributed by atoms with van der Waals surface area (Å²) in [6, 6.07) is -5.56. The van der Waals surface area contributed by atoms with Crippen molar-refractivity contribution >= 4 is 58.9 Å². The van der Waals surface area contributed by atoms with Crippen LogP contribution in [0, 0.1) is 11.8 Å². The molecule has 0 radical (unpaired) electrons. The van der Waals surface area contributed by atoms with E-state index in [-0.39, 0.29) is 81.2 Å². The molecular formula is C55H103N11O11. The zero-order valence-electron chi connectivity index (χ0n) is 49.4. The van der Waals surface area contributed by atoms with E-state index in [1.165, 1.54) is 48.5 Å². The van der Waals surface area contributed by atoms with Gasteiger partial charge in [0, 0.05) is 44.9 Å². The van der Waals surface area contributed by atoms with E-state index in [0.717, 1.165) is 44.9 Å². The van der Waals surface area contributed by atoms with Gasteiger partial charge >= 0.3 is 0 Å². The van der Waals surface area contributed by atoms with Crippen LogP contribution < -0.4 is 58.9 Å². The molecule has 6 atom stereocenters. The van der Waals surface area contributed by atoms with Crippen LogP contribution in [0.1, 0.15) is 200 Å². The number of hydrogen-bond acceptors (Lipinski definition) is 13. The molecule has 0 unspecified atom stereocenters. The van der Waals surface area contributed by atoms with Crippen LogP contribution in [0.5, 0.6) is 0 Å². The molecule has 0 aliphatic rings. The molecule has 9 amide bonds. The third kappa shape index (κ3) is 30.5. The summed E-state index contributed by atoms with van der Waals surface area (Å²) in [5.41, 5.74) is 0.911. The van der Waals surface area contributed by atoms with Gasteiger partial charge in [-0.15, -0.1) is 0 Å². The Morgan fingerprint density at radius 2 is 0.922 bits per heavy atom. The van der Waals surface area contributed by atoms with Gasteiger partial charge in [-0.1, -0.05) is 86.5 Å². The van der Waals surface area contributed by atoms with Crippen molar-refractivity contribution in [3.63, 3.8) is 0 Å². The quantitative estimate of drug-likeness (QED) is 0.0392. The first-order valence-electron chi connectivity index (χ1n) is 28.2. The fraction of sp³-hybridized carbons (Fsp3) is 0.818. The lowest BCUT2D eigenvalue weighted by Crippen LogP contribution is -2.66. The van der Waals surface area contributed by atoms with Gasteiger partial charge in [0.2, 0.25) is 53.2 Å². The maximum Gasteiger partial charge on any atom is 0.246 e. The van der Waals surface area contributed by atoms with Crippen LogP contribution in [0.3, 0.4) is 0 Å². The second-order valence-electron chi connectivity index (χ2n) is 23.1. The normalized spacial score (nSPS) is 14.2. The minimum atomic E-state index is -1.65. The Balaban J connectivity index is 6.29. The van der Waals surface area contributed by atoms with Gasteiger partial charge in [-0.2, -0.15) is 0 Å². The first-order chi connectivity index (χ1) is 35.8. The molecule has 0 rings (SSSR count). The summed E-state index contributed by atoms with van der Waals surface area (Å²) in [5.74, 6) is -5.64. The molecule has 13 N–H and O–H groups in total. The highest BCUT2D eigenvalue weighted by atomic mass is 16.3. The topological polar surface area (TPSA) is 337 Å². The number of ketones is 1. The molecule has 0 aliphatic carbocycles. The molecule has 77 heavy (non-hydrogen) atoms. The van der Waals surface area contributed by atoms with Gasteiger partial charge in [0.05, 0.1) is 12.6 Å². The third-order valence-electron chi connectivity index (χ3n) is 12.7. The van der Waals surface area contributed by atoms with Crippen LogP contribution in [0.15, 0.2) is 0 Å². The van der Waals surface area contributed by atoms with E-state index in [1.807, 2.05) is 34.6 Å². The zero-order valence-corrected chi connectivity index (χ0v) is 49.4. The van der Waals surface area contributed by atoms with E-state index >= 15 is 0 Å². The average Bonchev–Trinajstić information content (AvgIpc) is 3.32. The van der Waals surface area contributed by atoms with E-state index in [2.05, 4.69) is 60.1 Å². The summed E-state index contributed by atoms with van der Waals surface area (Å²) in [5, 5.41) is 36.6. The van der Waals surface area contributed by atoms with Crippen molar-refractivity contribution < 1.29 is 53.1 Å². The van der Waals surface area contributed by atoms with Crippen LogP contribution in [0.4, 0.5) is 0 Å². The lowest BCUT2D eigenvalue weighted by atomic mass is 9.96. The summed E-state index contributed by atoms with van der Waals surface area (Å²) >= 11 is 0. The summed E-state index contributed by atoms with van der Waals surface area (Å²) in [6.45, 7) is 24.4. The van der Waals surface area contributed by atoms with Gasteiger partial charge in [-0.05, 0) is 106 Å². The molecule has 0 spiro atoms. The number of rotatable bonds is 41. The molecule has 444 valence electrons. The van der Waals surface area contributed by atoms with Crippen molar-refractivity contribution in [2.75, 3.05) is 26.2 Å². The Kier molecular flexibility index (Phi) is 34.3. The highest BCUT2D eigenvalue weighted by molar-refractivity contribution is 6.00. The average molecular weight is 1090 g/mol. The second-order valence-corrected chi connectivity index (χ2v) is 23.1. The van der Waals surface area contributed by atoms with Crippen LogP contribution in [-0.4, -0.2) is 143 Å². The molecule has 0 aromatic heterocycles. The Morgan fingerprint density at radius 1 is 0.468 bits per heavy atom. The fourth-order valence-electron chi connectivity index (χ4n) is 7.95. The van der Waals surface area contributed by atoms with Gasteiger partial charge < -0.3 is 64.0 Å². The maximum atomic E-state index is 14.3. The van der Waals surface area contributed by atoms with Gasteiger partial charge in [0.25, 0.3) is 0 Å². The minimum absolute atomic E-state index is 0.00758. The molecule has 0 bridgehead atoms. The molecular weight excluding hydrogens is 991 g/mol. The van der Waals surface area contributed by atoms with Crippen LogP contribution in [0.25, 0.3) is 0 Å². The van der Waals surface area contributed by atoms with Crippen LogP contribution in [0.2, 0.25) is 0 Å². The van der Waals surface area contributed by atoms with Crippen molar-refractivity contribution in [3.05, 3.63) is 0 Å². The van der Waals surface area contributed by atoms with Crippen LogP contribution in [-0.2, 0) is 47.9 Å². The number of aliphatic hydroxyl groups excluding tert-OH is 1. The fourth-order valence-corrected chi connectivity index (χ4v) is 7.95. The number of hydrogen-bond donors (Lipinski definition) is 12. The van der Waals surface area contributed by atoms with Crippen molar-refractivity contribution in [2.45, 2.75) is 253 Å². The third-order valence-corrected chi connectivity index (χ3v) is 12.7. The summed E-state index contributed by atoms with van der Waals surface area (Å²) < 4.78 is 0. The number of Topliss-reactive ketones (excluding diaryl/α,β-unsaturated/α-hetero) is 1. The Hall–Kier alpha value is -5.22. The van der Waals surface area contributed by atoms with Crippen molar-refractivity contribution in [2.24, 2.45) is 17.6 Å². The number of nitrogens with two attached hydrogens (primary N) is 1. The number of amides is 9. The lowest BCUT2D eigenvalue weighted by molar-refractivity contribution is -0.139. The van der Waals surface area contributed by atoms with Crippen molar-refractivity contribution in [1.29, 1.82) is 0 Å². The van der Waals surface area contributed by atoms with Gasteiger partial charge in [0.1, 0.15) is 46.6 Å². The predicted octanol–water partition coefficient (Wildman–Crippen LogP) is 2.32. The SMILES string of the molecule is CCCCCCCC[C@H](NC(=O)C(C)(C)NC(=O)C(C)(C)NC(=O)[C@H](CCCC(=O)CCCC)NC(=O)[C@H](C)N)C(=O)N[C@@H](CC(C)C)C(=O)NC(C)(C)C(=O)N[C@@H](CC(C)C)C(=O)NCCC(=O)N[C@@H](C)CNCCO. The first kappa shape index (κ1) is 71.8. The zero-order chi connectivity index (χ0) is 59.1. The highest BCUT2D eigenvalue weighted by Gasteiger charge is 2.41. The molecule has 0 saturated heterocycles. The molecule has 22 heteroatoms. The summed E-state index contributed by atoms with van der Waals surface area (Å²) in [6.07, 6.45) is 8.58. The molecule has 0 aliphatic heterocycles. The molecule has 0 fully saturated rings. The van der Waals surface area contributed by atoms with E-state index in [0.29, 0.717) is 32.4 Å². The van der Waals surface area contributed by atoms with E-state index in [9.17, 15) is 47.9 Å². The smallest absolute Gasteiger partial charge is 0.246 e. The number of aliphatic hydroxyl groups is 1. The number of carbonyl (C=O) groups is 10. The first-order valence-corrected chi connectivity index (χ1v) is 28.2. The van der Waals surface area contributed by atoms with Gasteiger partial charge in [-0.3, -0.25) is 47.9 Å². The van der Waals surface area contributed by atoms with Gasteiger partial charge in [-0.25, -0.2) is 0 Å². The Labute approximate surface area is 460 Å². The van der Waals surface area contributed by atoms with E-state index < -0.39 is 94.1 Å². The van der Waals surface area contributed by atoms with E-state index in [1.54, 1.807) is 6.92 Å². The van der Waals surface area contributed by atoms with Gasteiger partial charge in [0.15, 0.2) is 0 Å². The molecule has 0 aromatic rings. The van der Waals surface area contributed by atoms with Crippen LogP contribution >= 0.6 is 0 Å². The highest BCUT2D eigenvalue weighted by Crippen LogP contribution is 2.16. The molecule has 22 nitrogen and oxygen atoms in total. The Morgan fingerprint density at radius 3 is 1.47 bits per heavy atom. The summed E-state index contributed by atoms with van der Waals surface area (Å²) in [7, 11) is 0. The minimum Gasteiger partial charge on any atom is -0.395 e. The Bertz CT molecular complexity index is 1890. The van der Waals surface area contributed by atoms with E-state index in [4.69, 9.17) is 10.8 Å². The largest absolute Gasteiger partial charge is 0.395 e. The van der Waals surface area contributed by atoms with Crippen molar-refractivity contribution in [3.8, 4) is 0 Å². The van der Waals surface area contributed by atoms with Crippen molar-refractivity contribution in [1.82, 2.24) is 53.2 Å². The standard InChI is InChI=1S/C55H103N11O11/c1-15-17-19-20-21-22-26-40(62-51(76)54(11,12)66-52(77)55(13,14)64-48(73)41(60-45(70)38(8)56)27-23-25-39(68)24-18-16-2)47(72)61-43(33-36(5)6)49(74)65-53(9,10)50(75)63-42(32-35(3)4)46(71)58-29-28-44(69)59-37(7)34-57-30-31-67/h35-38,40-43,57,67H,15-34,56H2,1-14H3,(H,58,71)(H,59,69)(H,60,70)(H,61,72)(H,62,76)(H,63,75)(H,64,73)(H,65,74)(H,66,77)/t37-,38-,40-,41-,42-,43-/m0/s1. The summed E-state index contributed by atoms with van der Waals surface area (Å²) in [4.78, 5) is 135. The number of unbranched alkanes of at least 4 members (excludes halogenated alkanes) is 6. The number of carbonyl (C=O) groups excluding carboxylic acids is 10. The molecule has 0 saturated carbocycles. The monoisotopic (exact) mass is 1090 g/mol. The maximum absolute atomic E-state index is 14.3. The number of nitrogens with one attached hydrogen (secondary N) is 10. The predicted molar refractivity (Wildman–Crippen MR) is 299 cm³/mol. The lowest BCUT2D eigenvalue weighted by Gasteiger charge is -2.34. The molecule has 0 heterocycles. The second kappa shape index (κ2) is 36.8.